The number of hydrogen-bond acceptors (Lipinski definition) is 3. The van der Waals surface area contributed by atoms with E-state index in [2.05, 4.69) is 5.32 Å². The van der Waals surface area contributed by atoms with Crippen LogP contribution in [-0.2, 0) is 16.1 Å². The Hall–Kier alpha value is -1.82. The smallest absolute Gasteiger partial charge is 0.405 e. The summed E-state index contributed by atoms with van der Waals surface area (Å²) in [5, 5.41) is 2.58. The average Bonchev–Trinajstić information content (AvgIpc) is 2.89. The van der Waals surface area contributed by atoms with Gasteiger partial charge in [-0.2, -0.15) is 0 Å². The second kappa shape index (κ2) is 6.30. The van der Waals surface area contributed by atoms with Crippen LogP contribution in [0, 0.1) is 5.82 Å². The first kappa shape index (κ1) is 15.6. The van der Waals surface area contributed by atoms with Crippen molar-refractivity contribution >= 4 is 23.6 Å². The molecule has 0 aliphatic heterocycles. The standard InChI is InChI=1S/C14H16ClFN2O3/c15-10-5-3-4-9(11(10)16)8-18-12(19)14(21-13(17)20)6-1-2-7-14/h3-5H,1-2,6-8H2,(H2,17,20)(H,18,19). The first-order chi connectivity index (χ1) is 9.94. The Labute approximate surface area is 126 Å². The molecule has 1 aromatic rings. The van der Waals surface area contributed by atoms with Gasteiger partial charge in [-0.15, -0.1) is 0 Å². The normalized spacial score (nSPS) is 16.5. The van der Waals surface area contributed by atoms with Gasteiger partial charge in [0.05, 0.1) is 5.02 Å². The van der Waals surface area contributed by atoms with E-state index < -0.39 is 23.4 Å². The molecule has 0 aromatic heterocycles. The number of nitrogens with two attached hydrogens (primary N) is 1. The number of hydrogen-bond donors (Lipinski definition) is 2. The van der Waals surface area contributed by atoms with E-state index in [1.54, 1.807) is 6.07 Å². The molecule has 0 unspecified atom stereocenters. The molecule has 0 atom stereocenters. The first-order valence-corrected chi connectivity index (χ1v) is 7.02. The van der Waals surface area contributed by atoms with Gasteiger partial charge in [-0.05, 0) is 31.7 Å². The van der Waals surface area contributed by atoms with Gasteiger partial charge in [0.1, 0.15) is 5.82 Å². The van der Waals surface area contributed by atoms with Crippen LogP contribution in [0.3, 0.4) is 0 Å². The maximum atomic E-state index is 13.7. The highest BCUT2D eigenvalue weighted by molar-refractivity contribution is 6.30. The minimum Gasteiger partial charge on any atom is -0.433 e. The van der Waals surface area contributed by atoms with Crippen LogP contribution in [0.25, 0.3) is 0 Å². The average molecular weight is 315 g/mol. The fourth-order valence-electron chi connectivity index (χ4n) is 2.54. The van der Waals surface area contributed by atoms with Crippen LogP contribution >= 0.6 is 11.6 Å². The van der Waals surface area contributed by atoms with Crippen LogP contribution in [-0.4, -0.2) is 17.6 Å². The van der Waals surface area contributed by atoms with Crippen molar-refractivity contribution < 1.29 is 18.7 Å². The minimum absolute atomic E-state index is 0.00860. The lowest BCUT2D eigenvalue weighted by Gasteiger charge is -2.26. The molecule has 7 heteroatoms. The van der Waals surface area contributed by atoms with Crippen molar-refractivity contribution in [1.29, 1.82) is 0 Å². The molecule has 2 rings (SSSR count). The molecule has 21 heavy (non-hydrogen) atoms. The largest absolute Gasteiger partial charge is 0.433 e. The molecule has 1 saturated carbocycles. The Morgan fingerprint density at radius 2 is 2.05 bits per heavy atom. The number of rotatable bonds is 4. The lowest BCUT2D eigenvalue weighted by atomic mass is 10.0. The molecular formula is C14H16ClFN2O3. The SMILES string of the molecule is NC(=O)OC1(C(=O)NCc2cccc(Cl)c2F)CCCC1. The molecule has 0 heterocycles. The second-order valence-electron chi connectivity index (χ2n) is 5.02. The predicted molar refractivity (Wildman–Crippen MR) is 75.1 cm³/mol. The predicted octanol–water partition coefficient (Wildman–Crippen LogP) is 2.50. The molecule has 0 saturated heterocycles. The van der Waals surface area contributed by atoms with Gasteiger partial charge in [-0.1, -0.05) is 23.7 Å². The molecule has 1 fully saturated rings. The van der Waals surface area contributed by atoms with E-state index in [1.165, 1.54) is 12.1 Å². The Morgan fingerprint density at radius 1 is 1.38 bits per heavy atom. The first-order valence-electron chi connectivity index (χ1n) is 6.64. The fourth-order valence-corrected chi connectivity index (χ4v) is 2.73. The van der Waals surface area contributed by atoms with Crippen LogP contribution in [0.5, 0.6) is 0 Å². The molecule has 1 aliphatic rings. The topological polar surface area (TPSA) is 81.4 Å². The van der Waals surface area contributed by atoms with Crippen molar-refractivity contribution in [3.05, 3.63) is 34.6 Å². The molecule has 1 aromatic carbocycles. The molecule has 1 aliphatic carbocycles. The van der Waals surface area contributed by atoms with Crippen LogP contribution in [0.2, 0.25) is 5.02 Å². The highest BCUT2D eigenvalue weighted by Crippen LogP contribution is 2.33. The molecule has 5 nitrogen and oxygen atoms in total. The zero-order chi connectivity index (χ0) is 15.5. The van der Waals surface area contributed by atoms with Crippen molar-refractivity contribution in [3.63, 3.8) is 0 Å². The van der Waals surface area contributed by atoms with Gasteiger partial charge in [0.25, 0.3) is 5.91 Å². The van der Waals surface area contributed by atoms with Crippen molar-refractivity contribution in [2.75, 3.05) is 0 Å². The Bertz CT molecular complexity index is 559. The third kappa shape index (κ3) is 3.44. The van der Waals surface area contributed by atoms with Crippen molar-refractivity contribution in [1.82, 2.24) is 5.32 Å². The van der Waals surface area contributed by atoms with Crippen molar-refractivity contribution in [2.45, 2.75) is 37.8 Å². The number of benzene rings is 1. The van der Waals surface area contributed by atoms with Gasteiger partial charge < -0.3 is 15.8 Å². The summed E-state index contributed by atoms with van der Waals surface area (Å²) in [5.74, 6) is -1.03. The molecule has 114 valence electrons. The van der Waals surface area contributed by atoms with Gasteiger partial charge in [-0.25, -0.2) is 9.18 Å². The molecule has 0 radical (unpaired) electrons. The monoisotopic (exact) mass is 314 g/mol. The van der Waals surface area contributed by atoms with Crippen LogP contribution in [0.15, 0.2) is 18.2 Å². The van der Waals surface area contributed by atoms with E-state index in [0.29, 0.717) is 12.8 Å². The zero-order valence-electron chi connectivity index (χ0n) is 11.3. The molecule has 0 spiro atoms. The van der Waals surface area contributed by atoms with Crippen LogP contribution in [0.4, 0.5) is 9.18 Å². The maximum absolute atomic E-state index is 13.7. The molecule has 2 amide bonds. The summed E-state index contributed by atoms with van der Waals surface area (Å²) in [4.78, 5) is 23.3. The van der Waals surface area contributed by atoms with E-state index in [-0.39, 0.29) is 17.1 Å². The van der Waals surface area contributed by atoms with Crippen molar-refractivity contribution in [3.8, 4) is 0 Å². The number of primary amides is 1. The third-order valence-corrected chi connectivity index (χ3v) is 3.88. The molecular weight excluding hydrogens is 299 g/mol. The number of nitrogens with one attached hydrogen (secondary N) is 1. The van der Waals surface area contributed by atoms with Crippen molar-refractivity contribution in [2.24, 2.45) is 5.73 Å². The Kier molecular flexibility index (Phi) is 4.67. The summed E-state index contributed by atoms with van der Waals surface area (Å²) < 4.78 is 18.8. The Balaban J connectivity index is 2.06. The number of amides is 2. The third-order valence-electron chi connectivity index (χ3n) is 3.59. The van der Waals surface area contributed by atoms with E-state index in [1.807, 2.05) is 0 Å². The van der Waals surface area contributed by atoms with Crippen LogP contribution < -0.4 is 11.1 Å². The highest BCUT2D eigenvalue weighted by Gasteiger charge is 2.44. The summed E-state index contributed by atoms with van der Waals surface area (Å²) in [6, 6.07) is 4.55. The number of halogens is 2. The summed E-state index contributed by atoms with van der Waals surface area (Å²) >= 11 is 5.68. The van der Waals surface area contributed by atoms with E-state index in [0.717, 1.165) is 12.8 Å². The van der Waals surface area contributed by atoms with E-state index >= 15 is 0 Å². The second-order valence-corrected chi connectivity index (χ2v) is 5.43. The quantitative estimate of drug-likeness (QED) is 0.896. The maximum Gasteiger partial charge on any atom is 0.405 e. The minimum atomic E-state index is -1.24. The summed E-state index contributed by atoms with van der Waals surface area (Å²) in [5.41, 5.74) is 4.06. The van der Waals surface area contributed by atoms with Crippen LogP contribution in [0.1, 0.15) is 31.2 Å². The Morgan fingerprint density at radius 3 is 2.67 bits per heavy atom. The lowest BCUT2D eigenvalue weighted by molar-refractivity contribution is -0.139. The molecule has 0 bridgehead atoms. The van der Waals surface area contributed by atoms with E-state index in [4.69, 9.17) is 22.1 Å². The summed E-state index contributed by atoms with van der Waals surface area (Å²) in [7, 11) is 0. The van der Waals surface area contributed by atoms with E-state index in [9.17, 15) is 14.0 Å². The van der Waals surface area contributed by atoms with Gasteiger partial charge in [0.15, 0.2) is 5.60 Å². The van der Waals surface area contributed by atoms with Gasteiger partial charge >= 0.3 is 6.09 Å². The fraction of sp³-hybridized carbons (Fsp3) is 0.429. The summed E-state index contributed by atoms with van der Waals surface area (Å²) in [6.45, 7) is -0.0326. The zero-order valence-corrected chi connectivity index (χ0v) is 12.1. The van der Waals surface area contributed by atoms with Gasteiger partial charge in [0.2, 0.25) is 0 Å². The molecule has 3 N–H and O–H groups in total. The highest BCUT2D eigenvalue weighted by atomic mass is 35.5. The summed E-state index contributed by atoms with van der Waals surface area (Å²) in [6.07, 6.45) is 1.39. The lowest BCUT2D eigenvalue weighted by Crippen LogP contribution is -2.48. The number of carbonyl (C=O) groups is 2. The van der Waals surface area contributed by atoms with Gasteiger partial charge in [-0.3, -0.25) is 4.79 Å². The van der Waals surface area contributed by atoms with Gasteiger partial charge in [0, 0.05) is 12.1 Å². The number of ether oxygens (including phenoxy) is 1. The number of carbonyl (C=O) groups excluding carboxylic acids is 2.